The van der Waals surface area contributed by atoms with Crippen molar-refractivity contribution in [2.24, 2.45) is 0 Å². The van der Waals surface area contributed by atoms with Crippen LogP contribution in [0.2, 0.25) is 0 Å². The van der Waals surface area contributed by atoms with E-state index in [1.165, 1.54) is 0 Å². The van der Waals surface area contributed by atoms with Crippen LogP contribution in [0.3, 0.4) is 0 Å². The lowest BCUT2D eigenvalue weighted by atomic mass is 10.2. The quantitative estimate of drug-likeness (QED) is 0.372. The van der Waals surface area contributed by atoms with E-state index in [0.717, 1.165) is 5.56 Å². The van der Waals surface area contributed by atoms with Gasteiger partial charge in [0.15, 0.2) is 0 Å². The number of ether oxygens (including phenoxy) is 2. The molecule has 0 atom stereocenters. The molecule has 1 aromatic rings. The molecule has 0 bridgehead atoms. The van der Waals surface area contributed by atoms with Crippen molar-refractivity contribution in [3.8, 4) is 0 Å². The smallest absolute Gasteiger partial charge is 0.447 e. The Labute approximate surface area is 125 Å². The standard InChI is InChI=1S/C12H16N2O3.BF4/c1-2-16-11(13)8-14-12(15)17-9-10-6-4-3-5-7-10;2-1(3,4)5/h3-7,13H,2,8-9H2,1H3,(H,14,15);/q;-1/p+1. The summed E-state index contributed by atoms with van der Waals surface area (Å²) in [5.41, 5.74) is 0.935. The molecule has 1 rings (SSSR count). The second kappa shape index (κ2) is 10.5. The van der Waals surface area contributed by atoms with Crippen molar-refractivity contribution in [3.63, 3.8) is 0 Å². The largest absolute Gasteiger partial charge is 0.673 e. The minimum atomic E-state index is -6.00. The first kappa shape index (κ1) is 19.7. The van der Waals surface area contributed by atoms with Gasteiger partial charge in [0.05, 0.1) is 6.61 Å². The van der Waals surface area contributed by atoms with Crippen LogP contribution in [-0.2, 0) is 16.1 Å². The second-order valence-corrected chi connectivity index (χ2v) is 3.81. The molecular formula is C12H17BF4N2O3. The van der Waals surface area contributed by atoms with Gasteiger partial charge >= 0.3 is 19.2 Å². The molecule has 0 heterocycles. The summed E-state index contributed by atoms with van der Waals surface area (Å²) in [4.78, 5) is 11.3. The summed E-state index contributed by atoms with van der Waals surface area (Å²) in [7, 11) is -6.00. The first-order valence-corrected chi connectivity index (χ1v) is 6.28. The van der Waals surface area contributed by atoms with E-state index in [1.54, 1.807) is 0 Å². The molecule has 0 aliphatic rings. The summed E-state index contributed by atoms with van der Waals surface area (Å²) >= 11 is 0. The zero-order valence-corrected chi connectivity index (χ0v) is 11.9. The van der Waals surface area contributed by atoms with Gasteiger partial charge in [-0.05, 0) is 12.5 Å². The average Bonchev–Trinajstić information content (AvgIpc) is 2.42. The van der Waals surface area contributed by atoms with Crippen LogP contribution in [0.1, 0.15) is 12.5 Å². The molecular weight excluding hydrogens is 307 g/mol. The molecule has 0 aliphatic heterocycles. The topological polar surface area (TPSA) is 73.2 Å². The molecule has 10 heteroatoms. The van der Waals surface area contributed by atoms with Crippen molar-refractivity contribution in [3.05, 3.63) is 35.9 Å². The highest BCUT2D eigenvalue weighted by Crippen LogP contribution is 2.06. The summed E-state index contributed by atoms with van der Waals surface area (Å²) in [5, 5.41) is 7.95. The Kier molecular flexibility index (Phi) is 9.40. The fourth-order valence-electron chi connectivity index (χ4n) is 1.17. The second-order valence-electron chi connectivity index (χ2n) is 3.81. The van der Waals surface area contributed by atoms with Gasteiger partial charge in [-0.15, -0.1) is 0 Å². The molecule has 5 nitrogen and oxygen atoms in total. The van der Waals surface area contributed by atoms with Gasteiger partial charge in [-0.1, -0.05) is 30.3 Å². The molecule has 0 aliphatic carbocycles. The number of hydrogen-bond donors (Lipinski definition) is 2. The summed E-state index contributed by atoms with van der Waals surface area (Å²) in [6.45, 7) is 2.69. The van der Waals surface area contributed by atoms with E-state index in [0.29, 0.717) is 6.61 Å². The third-order valence-corrected chi connectivity index (χ3v) is 1.95. The molecule has 3 N–H and O–H groups in total. The van der Waals surface area contributed by atoms with E-state index in [2.05, 4.69) is 5.32 Å². The van der Waals surface area contributed by atoms with E-state index in [9.17, 15) is 22.1 Å². The Morgan fingerprint density at radius 1 is 1.18 bits per heavy atom. The predicted octanol–water partition coefficient (Wildman–Crippen LogP) is 1.41. The molecule has 0 saturated heterocycles. The molecule has 0 unspecified atom stereocenters. The minimum absolute atomic E-state index is 0.154. The monoisotopic (exact) mass is 324 g/mol. The highest BCUT2D eigenvalue weighted by Gasteiger charge is 2.20. The molecule has 1 aromatic carbocycles. The van der Waals surface area contributed by atoms with Crippen LogP contribution < -0.4 is 10.7 Å². The van der Waals surface area contributed by atoms with Crippen LogP contribution in [0.5, 0.6) is 0 Å². The third-order valence-electron chi connectivity index (χ3n) is 1.95. The average molecular weight is 324 g/mol. The fourth-order valence-corrected chi connectivity index (χ4v) is 1.17. The summed E-state index contributed by atoms with van der Waals surface area (Å²) in [6.07, 6.45) is -0.517. The predicted molar refractivity (Wildman–Crippen MR) is 73.4 cm³/mol. The molecule has 0 saturated carbocycles. The van der Waals surface area contributed by atoms with Gasteiger partial charge in [0.1, 0.15) is 13.2 Å². The van der Waals surface area contributed by atoms with Crippen LogP contribution in [0.15, 0.2) is 30.3 Å². The molecule has 22 heavy (non-hydrogen) atoms. The molecule has 0 spiro atoms. The molecule has 0 fully saturated rings. The number of carbonyl (C=O) groups excluding carboxylic acids is 1. The van der Waals surface area contributed by atoms with Crippen molar-refractivity contribution >= 4 is 19.2 Å². The normalized spacial score (nSPS) is 10.0. The minimum Gasteiger partial charge on any atom is -0.447 e. The van der Waals surface area contributed by atoms with Gasteiger partial charge in [0, 0.05) is 0 Å². The van der Waals surface area contributed by atoms with Crippen LogP contribution >= 0.6 is 0 Å². The van der Waals surface area contributed by atoms with Crippen molar-refractivity contribution in [2.75, 3.05) is 13.2 Å². The Bertz CT molecular complexity index is 451. The van der Waals surface area contributed by atoms with Crippen molar-refractivity contribution < 1.29 is 36.9 Å². The number of nitrogens with one attached hydrogen (secondary N) is 1. The van der Waals surface area contributed by atoms with E-state index >= 15 is 0 Å². The summed E-state index contributed by atoms with van der Waals surface area (Å²) in [6, 6.07) is 9.44. The molecule has 124 valence electrons. The summed E-state index contributed by atoms with van der Waals surface area (Å²) in [5.74, 6) is 0.268. The van der Waals surface area contributed by atoms with Gasteiger partial charge in [-0.3, -0.25) is 0 Å². The van der Waals surface area contributed by atoms with Crippen molar-refractivity contribution in [1.82, 2.24) is 5.32 Å². The zero-order chi connectivity index (χ0) is 17.0. The van der Waals surface area contributed by atoms with E-state index < -0.39 is 13.3 Å². The Morgan fingerprint density at radius 2 is 1.73 bits per heavy atom. The van der Waals surface area contributed by atoms with Gasteiger partial charge < -0.3 is 32.1 Å². The number of hydrogen-bond acceptors (Lipinski definition) is 3. The van der Waals surface area contributed by atoms with Crippen LogP contribution in [-0.4, -0.2) is 32.4 Å². The van der Waals surface area contributed by atoms with Crippen LogP contribution in [0.4, 0.5) is 22.1 Å². The summed E-state index contributed by atoms with van der Waals surface area (Å²) < 4.78 is 49.0. The molecule has 1 amide bonds. The Morgan fingerprint density at radius 3 is 2.23 bits per heavy atom. The highest BCUT2D eigenvalue weighted by atomic mass is 19.5. The number of benzene rings is 1. The number of amides is 1. The van der Waals surface area contributed by atoms with E-state index in [1.807, 2.05) is 37.3 Å². The van der Waals surface area contributed by atoms with Gasteiger partial charge in [0.25, 0.3) is 0 Å². The van der Waals surface area contributed by atoms with Gasteiger partial charge in [0.2, 0.25) is 0 Å². The molecule has 0 radical (unpaired) electrons. The first-order valence-electron chi connectivity index (χ1n) is 6.28. The van der Waals surface area contributed by atoms with Gasteiger partial charge in [-0.2, -0.15) is 0 Å². The lowest BCUT2D eigenvalue weighted by Gasteiger charge is -2.05. The van der Waals surface area contributed by atoms with Crippen molar-refractivity contribution in [2.45, 2.75) is 13.5 Å². The number of halogens is 4. The lowest BCUT2D eigenvalue weighted by Crippen LogP contribution is -2.48. The maximum absolute atomic E-state index is 11.3. The van der Waals surface area contributed by atoms with Crippen LogP contribution in [0.25, 0.3) is 0 Å². The Hall–Kier alpha value is -2.26. The fraction of sp³-hybridized carbons (Fsp3) is 0.333. The van der Waals surface area contributed by atoms with Gasteiger partial charge in [-0.25, -0.2) is 10.2 Å². The van der Waals surface area contributed by atoms with Crippen molar-refractivity contribution in [1.29, 1.82) is 0 Å². The number of rotatable bonds is 5. The van der Waals surface area contributed by atoms with Crippen LogP contribution in [0, 0.1) is 0 Å². The Balaban J connectivity index is 0.000000763. The number of nitrogens with two attached hydrogens (primary N) is 1. The lowest BCUT2D eigenvalue weighted by molar-refractivity contribution is -0.141. The van der Waals surface area contributed by atoms with E-state index in [4.69, 9.17) is 14.9 Å². The number of alkyl carbamates (subject to hydrolysis) is 1. The van der Waals surface area contributed by atoms with E-state index in [-0.39, 0.29) is 19.0 Å². The SMILES string of the molecule is CCOC(=[NH2+])CNC(=O)OCc1ccccc1.F[B-](F)(F)F. The third kappa shape index (κ3) is 14.2. The molecule has 0 aromatic heterocycles. The highest BCUT2D eigenvalue weighted by molar-refractivity contribution is 6.50. The first-order chi connectivity index (χ1) is 10.2. The maximum Gasteiger partial charge on any atom is 0.673 e. The zero-order valence-electron chi connectivity index (χ0n) is 11.9. The maximum atomic E-state index is 11.3. The number of carbonyl (C=O) groups is 1.